The van der Waals surface area contributed by atoms with E-state index in [1.54, 1.807) is 49.7 Å². The molecule has 1 aliphatic rings. The van der Waals surface area contributed by atoms with Gasteiger partial charge in [-0.05, 0) is 70.5 Å². The summed E-state index contributed by atoms with van der Waals surface area (Å²) in [7, 11) is 1.47. The molecule has 1 aliphatic heterocycles. The van der Waals surface area contributed by atoms with Crippen LogP contribution in [0, 0.1) is 13.8 Å². The third kappa shape index (κ3) is 11.4. The molecule has 0 atom stereocenters. The largest absolute Gasteiger partial charge is 0.494 e. The predicted molar refractivity (Wildman–Crippen MR) is 252 cm³/mol. The number of nitrogens with zero attached hydrogens (tertiary/aromatic N) is 9. The number of ether oxygens (including phenoxy) is 3. The van der Waals surface area contributed by atoms with Crippen molar-refractivity contribution < 1.29 is 33.4 Å². The summed E-state index contributed by atoms with van der Waals surface area (Å²) in [6, 6.07) is 9.61. The maximum absolute atomic E-state index is 13.8. The van der Waals surface area contributed by atoms with E-state index in [9.17, 15) is 19.2 Å². The van der Waals surface area contributed by atoms with Crippen LogP contribution in [0.5, 0.6) is 11.5 Å². The summed E-state index contributed by atoms with van der Waals surface area (Å²) >= 11 is 0. The third-order valence-corrected chi connectivity index (χ3v) is 10.4. The van der Waals surface area contributed by atoms with Gasteiger partial charge in [0.05, 0.1) is 49.4 Å². The van der Waals surface area contributed by atoms with Crippen LogP contribution in [-0.2, 0) is 30.9 Å². The highest BCUT2D eigenvalue weighted by atomic mass is 35.5. The van der Waals surface area contributed by atoms with Gasteiger partial charge in [0, 0.05) is 56.9 Å². The van der Waals surface area contributed by atoms with E-state index in [1.165, 1.54) is 19.2 Å². The molecule has 20 nitrogen and oxygen atoms in total. The Morgan fingerprint density at radius 3 is 1.63 bits per heavy atom. The highest BCUT2D eigenvalue weighted by Gasteiger charge is 2.24. The number of aryl methyl sites for hydroxylation is 4. The van der Waals surface area contributed by atoms with Gasteiger partial charge in [-0.15, -0.1) is 37.2 Å². The summed E-state index contributed by atoms with van der Waals surface area (Å²) in [5.74, 6) is -1.11. The number of methoxy groups -OCH3 is 1. The first-order valence-electron chi connectivity index (χ1n) is 20.4. The lowest BCUT2D eigenvalue weighted by molar-refractivity contribution is 0.0358. The zero-order valence-electron chi connectivity index (χ0n) is 36.7. The minimum absolute atomic E-state index is 0. The van der Waals surface area contributed by atoms with Crippen LogP contribution >= 0.6 is 37.2 Å². The van der Waals surface area contributed by atoms with Gasteiger partial charge in [0.15, 0.2) is 0 Å². The van der Waals surface area contributed by atoms with Gasteiger partial charge in [-0.25, -0.2) is 9.97 Å². The summed E-state index contributed by atoms with van der Waals surface area (Å²) in [6.07, 6.45) is 4.42. The Balaban J connectivity index is 0.00000308. The molecular formula is C42H54Cl3N13O7. The Bertz CT molecular complexity index is 2700. The number of benzene rings is 2. The monoisotopic (exact) mass is 957 g/mol. The number of morpholine rings is 1. The second-order valence-electron chi connectivity index (χ2n) is 14.7. The van der Waals surface area contributed by atoms with Crippen molar-refractivity contribution in [2.75, 3.05) is 57.2 Å². The Labute approximate surface area is 393 Å². The van der Waals surface area contributed by atoms with Crippen molar-refractivity contribution in [2.45, 2.75) is 60.3 Å². The minimum atomic E-state index is -0.666. The minimum Gasteiger partial charge on any atom is -0.494 e. The molecule has 0 spiro atoms. The van der Waals surface area contributed by atoms with E-state index >= 15 is 0 Å². The first-order chi connectivity index (χ1) is 29.9. The topological polar surface area (TPSA) is 247 Å². The quantitative estimate of drug-likeness (QED) is 0.0673. The Morgan fingerprint density at radius 1 is 0.723 bits per heavy atom. The van der Waals surface area contributed by atoms with Gasteiger partial charge in [-0.2, -0.15) is 10.2 Å². The van der Waals surface area contributed by atoms with E-state index in [-0.39, 0.29) is 73.3 Å². The van der Waals surface area contributed by atoms with E-state index in [1.807, 2.05) is 32.9 Å². The first-order valence-corrected chi connectivity index (χ1v) is 20.4. The maximum Gasteiger partial charge on any atom is 0.276 e. The first kappa shape index (κ1) is 51.4. The number of hydrogen-bond acceptors (Lipinski definition) is 12. The van der Waals surface area contributed by atoms with Crippen LogP contribution in [0.4, 0.5) is 11.9 Å². The standard InChI is InChI=1S/C42H51N13O7.3ClH/c1-6-54-31(19-25(3)49-54)39(58)47-41-45-29-21-27(37(43)56)23-33(60-5)35(29)52(41)12-8-9-13-53-36-30(46-42(53)48-40(59)32-20-26(4)50-55(32)7-2)22-28(38(44)57)24-34(36)62-16-10-11-51-14-17-61-18-15-51;;;/h8-9,19-24H,6-7,10-18H2,1-5H3,(H2,43,56)(H2,44,57)(H,45,47,58)(H,46,48,59);3*1H/b9-8+;;;. The van der Waals surface area contributed by atoms with Crippen molar-refractivity contribution in [1.82, 2.24) is 43.6 Å². The summed E-state index contributed by atoms with van der Waals surface area (Å²) in [4.78, 5) is 64.1. The molecule has 6 N–H and O–H groups in total. The SMILES string of the molecule is CCn1nc(C)cc1C(=O)Nc1nc2cc(C(N)=O)cc(OC)c2n1C/C=C/Cn1c(NC(=O)c2cc(C)nn2CC)nc2cc(C(N)=O)cc(OCCCN3CCOCC3)c21.Cl.Cl.Cl. The van der Waals surface area contributed by atoms with Crippen LogP contribution in [0.3, 0.4) is 0 Å². The molecule has 6 aromatic rings. The Hall–Kier alpha value is -6.19. The average molecular weight is 959 g/mol. The molecule has 0 bridgehead atoms. The molecule has 350 valence electrons. The number of halogens is 3. The number of imidazole rings is 2. The number of aromatic nitrogens is 8. The fourth-order valence-electron chi connectivity index (χ4n) is 7.48. The zero-order valence-corrected chi connectivity index (χ0v) is 39.1. The molecule has 2 aromatic carbocycles. The molecule has 0 radical (unpaired) electrons. The molecule has 0 aliphatic carbocycles. The van der Waals surface area contributed by atoms with Crippen molar-refractivity contribution in [3.63, 3.8) is 0 Å². The number of hydrogen-bond donors (Lipinski definition) is 4. The number of rotatable bonds is 18. The fraction of sp³-hybridized carbons (Fsp3) is 0.381. The number of primary amides is 2. The summed E-state index contributed by atoms with van der Waals surface area (Å²) in [5, 5.41) is 14.7. The molecule has 0 saturated carbocycles. The van der Waals surface area contributed by atoms with E-state index in [4.69, 9.17) is 35.6 Å². The van der Waals surface area contributed by atoms with Gasteiger partial charge < -0.3 is 34.8 Å². The number of anilines is 2. The molecule has 4 amide bonds. The number of amides is 4. The lowest BCUT2D eigenvalue weighted by Gasteiger charge is -2.26. The van der Waals surface area contributed by atoms with Crippen molar-refractivity contribution in [3.05, 3.63) is 82.5 Å². The number of carbonyl (C=O) groups is 4. The number of allylic oxidation sites excluding steroid dienone is 2. The van der Waals surface area contributed by atoms with Gasteiger partial charge in [0.1, 0.15) is 33.9 Å². The van der Waals surface area contributed by atoms with Crippen LogP contribution in [0.25, 0.3) is 22.1 Å². The van der Waals surface area contributed by atoms with Gasteiger partial charge >= 0.3 is 0 Å². The lowest BCUT2D eigenvalue weighted by atomic mass is 10.1. The van der Waals surface area contributed by atoms with Crippen LogP contribution in [-0.4, -0.2) is 114 Å². The highest BCUT2D eigenvalue weighted by Crippen LogP contribution is 2.33. The van der Waals surface area contributed by atoms with Gasteiger partial charge in [-0.1, -0.05) is 12.2 Å². The van der Waals surface area contributed by atoms with Crippen molar-refractivity contribution in [3.8, 4) is 11.5 Å². The summed E-state index contributed by atoms with van der Waals surface area (Å²) in [5.41, 5.74) is 15.7. The van der Waals surface area contributed by atoms with Crippen LogP contribution in [0.2, 0.25) is 0 Å². The normalized spacial score (nSPS) is 12.7. The second-order valence-corrected chi connectivity index (χ2v) is 14.7. The molecular weight excluding hydrogens is 905 g/mol. The van der Waals surface area contributed by atoms with E-state index in [0.29, 0.717) is 95.7 Å². The number of nitrogens with one attached hydrogen (secondary N) is 2. The molecule has 65 heavy (non-hydrogen) atoms. The molecule has 7 rings (SSSR count). The van der Waals surface area contributed by atoms with Crippen LogP contribution in [0.1, 0.15) is 73.3 Å². The third-order valence-electron chi connectivity index (χ3n) is 10.4. The average Bonchev–Trinajstić information content (AvgIpc) is 4.03. The molecule has 23 heteroatoms. The molecule has 1 saturated heterocycles. The van der Waals surface area contributed by atoms with E-state index in [0.717, 1.165) is 19.6 Å². The Morgan fingerprint density at radius 2 is 1.18 bits per heavy atom. The van der Waals surface area contributed by atoms with Crippen molar-refractivity contribution in [2.24, 2.45) is 11.5 Å². The lowest BCUT2D eigenvalue weighted by Crippen LogP contribution is -2.37. The molecule has 4 aromatic heterocycles. The van der Waals surface area contributed by atoms with Crippen LogP contribution in [0.15, 0.2) is 48.6 Å². The van der Waals surface area contributed by atoms with Crippen LogP contribution < -0.4 is 31.6 Å². The number of fused-ring (bicyclic) bond motifs is 2. The predicted octanol–water partition coefficient (Wildman–Crippen LogP) is 4.77. The maximum atomic E-state index is 13.8. The second kappa shape index (κ2) is 22.6. The van der Waals surface area contributed by atoms with Gasteiger partial charge in [0.2, 0.25) is 23.7 Å². The fourth-order valence-corrected chi connectivity index (χ4v) is 7.48. The van der Waals surface area contributed by atoms with Crippen molar-refractivity contribution in [1.29, 1.82) is 0 Å². The zero-order chi connectivity index (χ0) is 44.1. The van der Waals surface area contributed by atoms with E-state index < -0.39 is 23.6 Å². The Kier molecular flexibility index (Phi) is 17.9. The smallest absolute Gasteiger partial charge is 0.276 e. The molecule has 0 unspecified atom stereocenters. The van der Waals surface area contributed by atoms with Gasteiger partial charge in [-0.3, -0.25) is 44.1 Å². The summed E-state index contributed by atoms with van der Waals surface area (Å²) in [6.45, 7) is 12.9. The summed E-state index contributed by atoms with van der Waals surface area (Å²) < 4.78 is 24.3. The van der Waals surface area contributed by atoms with Gasteiger partial charge in [0.25, 0.3) is 11.8 Å². The highest BCUT2D eigenvalue weighted by molar-refractivity contribution is 6.05. The van der Waals surface area contributed by atoms with E-state index in [2.05, 4.69) is 25.7 Å². The number of nitrogens with two attached hydrogens (primary N) is 2. The molecule has 1 fully saturated rings. The number of carbonyl (C=O) groups excluding carboxylic acids is 4. The van der Waals surface area contributed by atoms with Crippen molar-refractivity contribution >= 4 is 94.8 Å². The molecule has 5 heterocycles.